The summed E-state index contributed by atoms with van der Waals surface area (Å²) in [6, 6.07) is 4.49. The maximum Gasteiger partial charge on any atom is 0.256 e. The smallest absolute Gasteiger partial charge is 0.256 e. The molecule has 1 unspecified atom stereocenters. The molecular formula is C15H20ClFN2O. The fourth-order valence-electron chi connectivity index (χ4n) is 2.53. The summed E-state index contributed by atoms with van der Waals surface area (Å²) in [6.07, 6.45) is 3.42. The topological polar surface area (TPSA) is 32.3 Å². The molecule has 0 radical (unpaired) electrons. The first-order valence-corrected chi connectivity index (χ1v) is 7.47. The molecule has 20 heavy (non-hydrogen) atoms. The van der Waals surface area contributed by atoms with Gasteiger partial charge in [0.05, 0.1) is 5.56 Å². The number of hydrogen-bond acceptors (Lipinski definition) is 2. The zero-order valence-electron chi connectivity index (χ0n) is 11.7. The fraction of sp³-hybridized carbons (Fsp3) is 0.533. The van der Waals surface area contributed by atoms with Crippen molar-refractivity contribution in [1.82, 2.24) is 10.2 Å². The minimum atomic E-state index is -0.558. The molecule has 0 aromatic heterocycles. The number of likely N-dealkylation sites (N-methyl/N-ethyl adjacent to an activating group) is 1. The molecule has 5 heteroatoms. The Kier molecular flexibility index (Phi) is 5.38. The number of nitrogens with zero attached hydrogens (tertiary/aromatic N) is 1. The van der Waals surface area contributed by atoms with Crippen molar-refractivity contribution in [3.05, 3.63) is 34.6 Å². The van der Waals surface area contributed by atoms with E-state index in [1.165, 1.54) is 25.0 Å². The normalized spacial score (nSPS) is 18.9. The van der Waals surface area contributed by atoms with Gasteiger partial charge in [-0.05, 0) is 44.5 Å². The fourth-order valence-corrected chi connectivity index (χ4v) is 2.69. The summed E-state index contributed by atoms with van der Waals surface area (Å²) in [5, 5.41) is 3.71. The van der Waals surface area contributed by atoms with Crippen LogP contribution in [0.15, 0.2) is 18.2 Å². The molecule has 110 valence electrons. The van der Waals surface area contributed by atoms with Crippen molar-refractivity contribution in [3.8, 4) is 0 Å². The van der Waals surface area contributed by atoms with Crippen LogP contribution in [0.1, 0.15) is 36.5 Å². The molecule has 1 aliphatic rings. The van der Waals surface area contributed by atoms with Crippen LogP contribution in [0.5, 0.6) is 0 Å². The first-order valence-electron chi connectivity index (χ1n) is 7.09. The van der Waals surface area contributed by atoms with Crippen LogP contribution in [0.25, 0.3) is 0 Å². The summed E-state index contributed by atoms with van der Waals surface area (Å²) in [7, 11) is 0. The first kappa shape index (κ1) is 15.3. The van der Waals surface area contributed by atoms with Crippen molar-refractivity contribution in [2.45, 2.75) is 32.2 Å². The van der Waals surface area contributed by atoms with E-state index < -0.39 is 5.82 Å². The van der Waals surface area contributed by atoms with E-state index in [1.54, 1.807) is 11.0 Å². The molecule has 0 aliphatic carbocycles. The summed E-state index contributed by atoms with van der Waals surface area (Å²) >= 11 is 5.72. The predicted molar refractivity (Wildman–Crippen MR) is 78.6 cm³/mol. The SMILES string of the molecule is CCN(CC1CCCCN1)C(=O)c1ccc(Cl)cc1F. The molecule has 1 aliphatic heterocycles. The van der Waals surface area contributed by atoms with Crippen LogP contribution in [-0.2, 0) is 0 Å². The third kappa shape index (κ3) is 3.70. The highest BCUT2D eigenvalue weighted by Gasteiger charge is 2.22. The van der Waals surface area contributed by atoms with E-state index in [2.05, 4.69) is 5.32 Å². The zero-order chi connectivity index (χ0) is 14.5. The van der Waals surface area contributed by atoms with E-state index in [9.17, 15) is 9.18 Å². The number of nitrogens with one attached hydrogen (secondary N) is 1. The van der Waals surface area contributed by atoms with E-state index in [0.717, 1.165) is 13.0 Å². The number of hydrogen-bond donors (Lipinski definition) is 1. The van der Waals surface area contributed by atoms with E-state index in [-0.39, 0.29) is 11.5 Å². The van der Waals surface area contributed by atoms with E-state index in [4.69, 9.17) is 11.6 Å². The highest BCUT2D eigenvalue weighted by molar-refractivity contribution is 6.30. The van der Waals surface area contributed by atoms with E-state index >= 15 is 0 Å². The number of rotatable bonds is 4. The summed E-state index contributed by atoms with van der Waals surface area (Å²) in [6.45, 7) is 4.09. The molecule has 1 atom stereocenters. The largest absolute Gasteiger partial charge is 0.337 e. The Balaban J connectivity index is 2.07. The van der Waals surface area contributed by atoms with Crippen LogP contribution in [0, 0.1) is 5.82 Å². The monoisotopic (exact) mass is 298 g/mol. The van der Waals surface area contributed by atoms with Gasteiger partial charge in [0.1, 0.15) is 5.82 Å². The van der Waals surface area contributed by atoms with Crippen LogP contribution in [-0.4, -0.2) is 36.5 Å². The minimum Gasteiger partial charge on any atom is -0.337 e. The van der Waals surface area contributed by atoms with E-state index in [0.29, 0.717) is 24.2 Å². The van der Waals surface area contributed by atoms with Gasteiger partial charge in [-0.15, -0.1) is 0 Å². The van der Waals surface area contributed by atoms with Gasteiger partial charge in [-0.3, -0.25) is 4.79 Å². The lowest BCUT2D eigenvalue weighted by Gasteiger charge is -2.30. The molecule has 0 spiro atoms. The van der Waals surface area contributed by atoms with Crippen molar-refractivity contribution in [2.75, 3.05) is 19.6 Å². The van der Waals surface area contributed by atoms with Crippen molar-refractivity contribution in [1.29, 1.82) is 0 Å². The standard InChI is InChI=1S/C15H20ClFN2O/c1-2-19(10-12-5-3-4-8-18-12)15(20)13-7-6-11(16)9-14(13)17/h6-7,9,12,18H,2-5,8,10H2,1H3. The second kappa shape index (κ2) is 7.04. The van der Waals surface area contributed by atoms with Crippen LogP contribution < -0.4 is 5.32 Å². The number of carbonyl (C=O) groups excluding carboxylic acids is 1. The first-order chi connectivity index (χ1) is 9.61. The molecule has 0 saturated carbocycles. The van der Waals surface area contributed by atoms with Gasteiger partial charge in [0.25, 0.3) is 5.91 Å². The average molecular weight is 299 g/mol. The van der Waals surface area contributed by atoms with Gasteiger partial charge in [0.2, 0.25) is 0 Å². The Hall–Kier alpha value is -1.13. The molecule has 1 aromatic carbocycles. The van der Waals surface area contributed by atoms with Crippen molar-refractivity contribution in [3.63, 3.8) is 0 Å². The summed E-state index contributed by atoms with van der Waals surface area (Å²) in [4.78, 5) is 14.1. The summed E-state index contributed by atoms with van der Waals surface area (Å²) < 4.78 is 13.8. The van der Waals surface area contributed by atoms with Crippen LogP contribution in [0.2, 0.25) is 5.02 Å². The molecule has 1 fully saturated rings. The van der Waals surface area contributed by atoms with Crippen LogP contribution in [0.3, 0.4) is 0 Å². The maximum atomic E-state index is 13.8. The van der Waals surface area contributed by atoms with Crippen molar-refractivity contribution < 1.29 is 9.18 Å². The minimum absolute atomic E-state index is 0.0899. The lowest BCUT2D eigenvalue weighted by Crippen LogP contribution is -2.45. The Labute approximate surface area is 124 Å². The molecule has 1 amide bonds. The Bertz CT molecular complexity index is 475. The third-order valence-corrected chi connectivity index (χ3v) is 3.92. The van der Waals surface area contributed by atoms with Gasteiger partial charge in [0, 0.05) is 24.2 Å². The average Bonchev–Trinajstić information content (AvgIpc) is 2.45. The van der Waals surface area contributed by atoms with E-state index in [1.807, 2.05) is 6.92 Å². The molecule has 1 N–H and O–H groups in total. The summed E-state index contributed by atoms with van der Waals surface area (Å²) in [5.41, 5.74) is 0.0899. The predicted octanol–water partition coefficient (Wildman–Crippen LogP) is 3.08. The highest BCUT2D eigenvalue weighted by Crippen LogP contribution is 2.17. The molecular weight excluding hydrogens is 279 g/mol. The quantitative estimate of drug-likeness (QED) is 0.926. The lowest BCUT2D eigenvalue weighted by molar-refractivity contribution is 0.0737. The Morgan fingerprint density at radius 2 is 2.30 bits per heavy atom. The summed E-state index contributed by atoms with van der Waals surface area (Å²) in [5.74, 6) is -0.827. The third-order valence-electron chi connectivity index (χ3n) is 3.68. The molecule has 1 aromatic rings. The number of piperidine rings is 1. The van der Waals surface area contributed by atoms with Gasteiger partial charge in [0.15, 0.2) is 0 Å². The van der Waals surface area contributed by atoms with Gasteiger partial charge >= 0.3 is 0 Å². The van der Waals surface area contributed by atoms with Gasteiger partial charge in [-0.2, -0.15) is 0 Å². The number of benzene rings is 1. The number of carbonyl (C=O) groups is 1. The zero-order valence-corrected chi connectivity index (χ0v) is 12.4. The number of amides is 1. The van der Waals surface area contributed by atoms with Crippen LogP contribution in [0.4, 0.5) is 4.39 Å². The lowest BCUT2D eigenvalue weighted by atomic mass is 10.0. The maximum absolute atomic E-state index is 13.8. The van der Waals surface area contributed by atoms with Gasteiger partial charge in [-0.1, -0.05) is 18.0 Å². The number of halogens is 2. The molecule has 1 saturated heterocycles. The molecule has 0 bridgehead atoms. The molecule has 1 heterocycles. The highest BCUT2D eigenvalue weighted by atomic mass is 35.5. The second-order valence-electron chi connectivity index (χ2n) is 5.11. The second-order valence-corrected chi connectivity index (χ2v) is 5.55. The van der Waals surface area contributed by atoms with Crippen molar-refractivity contribution >= 4 is 17.5 Å². The molecule has 3 nitrogen and oxygen atoms in total. The van der Waals surface area contributed by atoms with Crippen molar-refractivity contribution in [2.24, 2.45) is 0 Å². The Morgan fingerprint density at radius 1 is 1.50 bits per heavy atom. The van der Waals surface area contributed by atoms with Crippen LogP contribution >= 0.6 is 11.6 Å². The Morgan fingerprint density at radius 3 is 2.90 bits per heavy atom. The van der Waals surface area contributed by atoms with Gasteiger partial charge < -0.3 is 10.2 Å². The molecule has 2 rings (SSSR count). The van der Waals surface area contributed by atoms with Gasteiger partial charge in [-0.25, -0.2) is 4.39 Å².